The molecule has 8 heteroatoms. The average Bonchev–Trinajstić information content (AvgIpc) is 3.01. The lowest BCUT2D eigenvalue weighted by Crippen LogP contribution is -2.27. The lowest BCUT2D eigenvalue weighted by Gasteiger charge is -2.12. The minimum absolute atomic E-state index is 0.123. The summed E-state index contributed by atoms with van der Waals surface area (Å²) in [5.41, 5.74) is 6.88. The molecule has 2 heterocycles. The van der Waals surface area contributed by atoms with Gasteiger partial charge in [-0.25, -0.2) is 9.67 Å². The summed E-state index contributed by atoms with van der Waals surface area (Å²) in [5, 5.41) is 3.18. The standard InChI is InChI=1S/C21H17N5O3/c22-19(28)14-8-10-15(11-9-14)24-18(27)13-25-20-17(7-4-12-23-20)21(29)26(25)16-5-2-1-3-6-16/h1-12H,13H2,(H2,22,28)(H,24,27). The van der Waals surface area contributed by atoms with Gasteiger partial charge in [0.1, 0.15) is 6.54 Å². The fraction of sp³-hybridized carbons (Fsp3) is 0.0476. The van der Waals surface area contributed by atoms with Gasteiger partial charge in [-0.05, 0) is 48.5 Å². The highest BCUT2D eigenvalue weighted by atomic mass is 16.2. The SMILES string of the molecule is NC(=O)c1ccc(NC(=O)Cn2c3ncccc3c(=O)n2-c2ccccc2)cc1. The van der Waals surface area contributed by atoms with Gasteiger partial charge in [0.2, 0.25) is 11.8 Å². The second kappa shape index (κ2) is 7.43. The van der Waals surface area contributed by atoms with E-state index < -0.39 is 5.91 Å². The van der Waals surface area contributed by atoms with Crippen LogP contribution < -0.4 is 16.6 Å². The maximum Gasteiger partial charge on any atom is 0.280 e. The van der Waals surface area contributed by atoms with E-state index in [1.807, 2.05) is 18.2 Å². The molecule has 0 spiro atoms. The fourth-order valence-electron chi connectivity index (χ4n) is 3.11. The molecule has 0 radical (unpaired) electrons. The van der Waals surface area contributed by atoms with Gasteiger partial charge in [0.25, 0.3) is 5.56 Å². The minimum Gasteiger partial charge on any atom is -0.366 e. The molecule has 2 aromatic heterocycles. The van der Waals surface area contributed by atoms with Gasteiger partial charge >= 0.3 is 0 Å². The van der Waals surface area contributed by atoms with Crippen molar-refractivity contribution in [1.29, 1.82) is 0 Å². The first-order valence-electron chi connectivity index (χ1n) is 8.86. The van der Waals surface area contributed by atoms with Gasteiger partial charge in [0.05, 0.1) is 11.1 Å². The van der Waals surface area contributed by atoms with Crippen molar-refractivity contribution in [2.24, 2.45) is 5.73 Å². The van der Waals surface area contributed by atoms with Gasteiger partial charge < -0.3 is 11.1 Å². The summed E-state index contributed by atoms with van der Waals surface area (Å²) >= 11 is 0. The Labute approximate surface area is 165 Å². The lowest BCUT2D eigenvalue weighted by atomic mass is 10.2. The van der Waals surface area contributed by atoms with Crippen molar-refractivity contribution in [1.82, 2.24) is 14.3 Å². The Morgan fingerprint density at radius 1 is 0.966 bits per heavy atom. The fourth-order valence-corrected chi connectivity index (χ4v) is 3.11. The maximum atomic E-state index is 12.9. The zero-order valence-corrected chi connectivity index (χ0v) is 15.3. The molecule has 3 N–H and O–H groups in total. The highest BCUT2D eigenvalue weighted by Crippen LogP contribution is 2.14. The number of aromatic nitrogens is 3. The number of carbonyl (C=O) groups excluding carboxylic acids is 2. The number of amides is 2. The highest BCUT2D eigenvalue weighted by Gasteiger charge is 2.17. The second-order valence-corrected chi connectivity index (χ2v) is 6.37. The predicted molar refractivity (Wildman–Crippen MR) is 109 cm³/mol. The van der Waals surface area contributed by atoms with Gasteiger partial charge in [-0.15, -0.1) is 0 Å². The summed E-state index contributed by atoms with van der Waals surface area (Å²) in [6.45, 7) is -0.123. The third-order valence-electron chi connectivity index (χ3n) is 4.44. The second-order valence-electron chi connectivity index (χ2n) is 6.37. The first-order valence-corrected chi connectivity index (χ1v) is 8.86. The zero-order valence-electron chi connectivity index (χ0n) is 15.3. The lowest BCUT2D eigenvalue weighted by molar-refractivity contribution is -0.116. The number of hydrogen-bond donors (Lipinski definition) is 2. The van der Waals surface area contributed by atoms with Crippen molar-refractivity contribution in [3.8, 4) is 5.69 Å². The number of hydrogen-bond acceptors (Lipinski definition) is 4. The van der Waals surface area contributed by atoms with E-state index in [4.69, 9.17) is 5.73 Å². The number of pyridine rings is 1. The minimum atomic E-state index is -0.542. The van der Waals surface area contributed by atoms with Crippen LogP contribution in [0.1, 0.15) is 10.4 Å². The van der Waals surface area contributed by atoms with E-state index in [1.165, 1.54) is 16.8 Å². The molecule has 2 aromatic carbocycles. The molecular formula is C21H17N5O3. The van der Waals surface area contributed by atoms with E-state index in [-0.39, 0.29) is 18.0 Å². The smallest absolute Gasteiger partial charge is 0.280 e. The van der Waals surface area contributed by atoms with E-state index in [1.54, 1.807) is 47.3 Å². The van der Waals surface area contributed by atoms with Gasteiger partial charge in [0, 0.05) is 17.4 Å². The van der Waals surface area contributed by atoms with Crippen molar-refractivity contribution in [3.63, 3.8) is 0 Å². The molecule has 0 unspecified atom stereocenters. The summed E-state index contributed by atoms with van der Waals surface area (Å²) in [4.78, 5) is 41.0. The molecule has 0 atom stereocenters. The Kier molecular flexibility index (Phi) is 4.66. The van der Waals surface area contributed by atoms with Gasteiger partial charge in [0.15, 0.2) is 5.65 Å². The molecule has 0 aliphatic rings. The summed E-state index contributed by atoms with van der Waals surface area (Å²) in [7, 11) is 0. The van der Waals surface area contributed by atoms with Crippen LogP contribution in [0.15, 0.2) is 77.7 Å². The molecule has 0 saturated carbocycles. The van der Waals surface area contributed by atoms with Crippen molar-refractivity contribution >= 4 is 28.5 Å². The number of nitrogens with zero attached hydrogens (tertiary/aromatic N) is 3. The molecule has 0 bridgehead atoms. The van der Waals surface area contributed by atoms with Crippen LogP contribution in [0, 0.1) is 0 Å². The maximum absolute atomic E-state index is 12.9. The van der Waals surface area contributed by atoms with Crippen LogP contribution in [0.2, 0.25) is 0 Å². The number of fused-ring (bicyclic) bond motifs is 1. The van der Waals surface area contributed by atoms with Gasteiger partial charge in [-0.2, -0.15) is 0 Å². The van der Waals surface area contributed by atoms with Crippen LogP contribution >= 0.6 is 0 Å². The van der Waals surface area contributed by atoms with Crippen LogP contribution in [-0.2, 0) is 11.3 Å². The number of para-hydroxylation sites is 1. The number of nitrogens with two attached hydrogens (primary N) is 1. The van der Waals surface area contributed by atoms with E-state index >= 15 is 0 Å². The highest BCUT2D eigenvalue weighted by molar-refractivity contribution is 5.95. The number of benzene rings is 2. The topological polar surface area (TPSA) is 112 Å². The van der Waals surface area contributed by atoms with E-state index in [9.17, 15) is 14.4 Å². The van der Waals surface area contributed by atoms with Crippen molar-refractivity contribution in [2.45, 2.75) is 6.54 Å². The third kappa shape index (κ3) is 3.51. The average molecular weight is 387 g/mol. The quantitative estimate of drug-likeness (QED) is 0.545. The normalized spacial score (nSPS) is 10.8. The Balaban J connectivity index is 1.69. The summed E-state index contributed by atoms with van der Waals surface area (Å²) in [6, 6.07) is 18.7. The molecule has 0 aliphatic carbocycles. The Hall–Kier alpha value is -4.20. The first kappa shape index (κ1) is 18.2. The van der Waals surface area contributed by atoms with Gasteiger partial charge in [-0.3, -0.25) is 19.1 Å². The molecule has 0 fully saturated rings. The molecule has 4 aromatic rings. The number of primary amides is 1. The number of anilines is 1. The van der Waals surface area contributed by atoms with Crippen LogP contribution in [0.5, 0.6) is 0 Å². The zero-order chi connectivity index (χ0) is 20.4. The number of carbonyl (C=O) groups is 2. The predicted octanol–water partition coefficient (Wildman–Crippen LogP) is 1.92. The van der Waals surface area contributed by atoms with Gasteiger partial charge in [-0.1, -0.05) is 18.2 Å². The molecule has 0 saturated heterocycles. The molecule has 4 rings (SSSR count). The largest absolute Gasteiger partial charge is 0.366 e. The Bertz CT molecular complexity index is 1260. The van der Waals surface area contributed by atoms with Crippen molar-refractivity contribution in [2.75, 3.05) is 5.32 Å². The molecule has 144 valence electrons. The molecular weight excluding hydrogens is 370 g/mol. The van der Waals surface area contributed by atoms with Crippen LogP contribution in [0.25, 0.3) is 16.7 Å². The van der Waals surface area contributed by atoms with E-state index in [0.717, 1.165) is 0 Å². The Morgan fingerprint density at radius 2 is 1.69 bits per heavy atom. The first-order chi connectivity index (χ1) is 14.0. The van der Waals surface area contributed by atoms with Crippen LogP contribution in [0.4, 0.5) is 5.69 Å². The molecule has 29 heavy (non-hydrogen) atoms. The van der Waals surface area contributed by atoms with Crippen molar-refractivity contribution < 1.29 is 9.59 Å². The number of rotatable bonds is 5. The monoisotopic (exact) mass is 387 g/mol. The Morgan fingerprint density at radius 3 is 2.38 bits per heavy atom. The summed E-state index contributed by atoms with van der Waals surface area (Å²) < 4.78 is 2.98. The molecule has 2 amide bonds. The van der Waals surface area contributed by atoms with Crippen LogP contribution in [0.3, 0.4) is 0 Å². The van der Waals surface area contributed by atoms with Crippen LogP contribution in [-0.4, -0.2) is 26.2 Å². The summed E-state index contributed by atoms with van der Waals surface area (Å²) in [6.07, 6.45) is 1.58. The van der Waals surface area contributed by atoms with E-state index in [2.05, 4.69) is 10.3 Å². The third-order valence-corrected chi connectivity index (χ3v) is 4.44. The van der Waals surface area contributed by atoms with E-state index in [0.29, 0.717) is 28.0 Å². The number of nitrogens with one attached hydrogen (secondary N) is 1. The molecule has 0 aliphatic heterocycles. The molecule has 8 nitrogen and oxygen atoms in total. The summed E-state index contributed by atoms with van der Waals surface area (Å²) in [5.74, 6) is -0.885. The van der Waals surface area contributed by atoms with Crippen molar-refractivity contribution in [3.05, 3.63) is 88.8 Å².